The Labute approximate surface area is 183 Å². The molecule has 1 saturated heterocycles. The van der Waals surface area contributed by atoms with Gasteiger partial charge in [-0.2, -0.15) is 0 Å². The van der Waals surface area contributed by atoms with Gasteiger partial charge < -0.3 is 16.4 Å². The molecule has 2 aromatic rings. The number of piperidine rings is 1. The maximum absolute atomic E-state index is 12.9. The Hall–Kier alpha value is -3.19. The van der Waals surface area contributed by atoms with Crippen LogP contribution in [-0.4, -0.2) is 41.8 Å². The van der Waals surface area contributed by atoms with Crippen molar-refractivity contribution in [3.8, 4) is 0 Å². The lowest BCUT2D eigenvalue weighted by Crippen LogP contribution is -2.45. The first-order valence-electron chi connectivity index (χ1n) is 10.7. The van der Waals surface area contributed by atoms with E-state index in [9.17, 15) is 14.4 Å². The van der Waals surface area contributed by atoms with Crippen LogP contribution in [0.15, 0.2) is 54.6 Å². The number of hydrogen-bond donors (Lipinski definition) is 3. The number of hydrogen-bond acceptors (Lipinski definition) is 4. The van der Waals surface area contributed by atoms with Crippen molar-refractivity contribution in [3.63, 3.8) is 0 Å². The maximum atomic E-state index is 12.9. The van der Waals surface area contributed by atoms with Crippen LogP contribution >= 0.6 is 0 Å². The number of primary amides is 1. The van der Waals surface area contributed by atoms with Crippen LogP contribution in [0.5, 0.6) is 0 Å². The molecule has 0 radical (unpaired) electrons. The van der Waals surface area contributed by atoms with Gasteiger partial charge in [-0.1, -0.05) is 48.9 Å². The van der Waals surface area contributed by atoms with Gasteiger partial charge in [0.25, 0.3) is 5.91 Å². The summed E-state index contributed by atoms with van der Waals surface area (Å²) in [6, 6.07) is 16.5. The van der Waals surface area contributed by atoms with E-state index in [2.05, 4.69) is 10.6 Å². The Bertz CT molecular complexity index is 916. The molecule has 2 atom stereocenters. The Kier molecular flexibility index (Phi) is 7.78. The highest BCUT2D eigenvalue weighted by molar-refractivity contribution is 6.04. The van der Waals surface area contributed by atoms with Crippen molar-refractivity contribution >= 4 is 23.4 Å². The van der Waals surface area contributed by atoms with Crippen LogP contribution in [0.1, 0.15) is 54.6 Å². The second-order valence-corrected chi connectivity index (χ2v) is 7.99. The highest BCUT2D eigenvalue weighted by atomic mass is 16.2. The number of rotatable bonds is 8. The van der Waals surface area contributed by atoms with Crippen molar-refractivity contribution in [2.45, 2.75) is 44.7 Å². The number of anilines is 1. The van der Waals surface area contributed by atoms with Crippen molar-refractivity contribution in [1.29, 1.82) is 0 Å². The van der Waals surface area contributed by atoms with E-state index in [1.165, 1.54) is 0 Å². The molecular formula is C24H30N4O3. The van der Waals surface area contributed by atoms with E-state index in [0.717, 1.165) is 31.4 Å². The highest BCUT2D eigenvalue weighted by Gasteiger charge is 2.26. The van der Waals surface area contributed by atoms with Crippen molar-refractivity contribution < 1.29 is 14.4 Å². The molecule has 164 valence electrons. The van der Waals surface area contributed by atoms with E-state index in [4.69, 9.17) is 5.73 Å². The zero-order valence-corrected chi connectivity index (χ0v) is 17.8. The van der Waals surface area contributed by atoms with E-state index in [-0.39, 0.29) is 42.8 Å². The van der Waals surface area contributed by atoms with Gasteiger partial charge in [0.15, 0.2) is 0 Å². The summed E-state index contributed by atoms with van der Waals surface area (Å²) in [5.41, 5.74) is 7.24. The fraction of sp³-hybridized carbons (Fsp3) is 0.375. The molecule has 0 saturated carbocycles. The third-order valence-electron chi connectivity index (χ3n) is 5.63. The summed E-state index contributed by atoms with van der Waals surface area (Å²) in [5.74, 6) is -0.823. The predicted molar refractivity (Wildman–Crippen MR) is 120 cm³/mol. The van der Waals surface area contributed by atoms with Gasteiger partial charge in [-0.3, -0.25) is 19.3 Å². The smallest absolute Gasteiger partial charge is 0.253 e. The Morgan fingerprint density at radius 1 is 1.06 bits per heavy atom. The van der Waals surface area contributed by atoms with Crippen LogP contribution in [0.3, 0.4) is 0 Å². The first-order chi connectivity index (χ1) is 14.9. The molecule has 0 aliphatic carbocycles. The van der Waals surface area contributed by atoms with E-state index < -0.39 is 0 Å². The molecule has 2 aromatic carbocycles. The fourth-order valence-corrected chi connectivity index (χ4v) is 4.00. The first kappa shape index (κ1) is 22.5. The molecule has 0 bridgehead atoms. The van der Waals surface area contributed by atoms with Crippen LogP contribution in [-0.2, 0) is 9.59 Å². The third kappa shape index (κ3) is 6.39. The van der Waals surface area contributed by atoms with Crippen LogP contribution in [0, 0.1) is 0 Å². The number of para-hydroxylation sites is 1. The number of likely N-dealkylation sites (tertiary alicyclic amines) is 1. The van der Waals surface area contributed by atoms with Crippen LogP contribution in [0.4, 0.5) is 5.69 Å². The van der Waals surface area contributed by atoms with Gasteiger partial charge in [-0.25, -0.2) is 0 Å². The summed E-state index contributed by atoms with van der Waals surface area (Å²) in [7, 11) is 0. The van der Waals surface area contributed by atoms with Crippen LogP contribution < -0.4 is 16.4 Å². The summed E-state index contributed by atoms with van der Waals surface area (Å²) < 4.78 is 0. The number of nitrogens with two attached hydrogens (primary N) is 1. The number of nitrogens with one attached hydrogen (secondary N) is 2. The maximum Gasteiger partial charge on any atom is 0.253 e. The largest absolute Gasteiger partial charge is 0.370 e. The summed E-state index contributed by atoms with van der Waals surface area (Å²) in [6.45, 7) is 2.83. The highest BCUT2D eigenvalue weighted by Crippen LogP contribution is 2.21. The lowest BCUT2D eigenvalue weighted by molar-refractivity contribution is -0.122. The van der Waals surface area contributed by atoms with Gasteiger partial charge in [0.1, 0.15) is 0 Å². The van der Waals surface area contributed by atoms with Crippen molar-refractivity contribution in [2.75, 3.05) is 18.4 Å². The van der Waals surface area contributed by atoms with Gasteiger partial charge in [-0.05, 0) is 44.0 Å². The van der Waals surface area contributed by atoms with E-state index in [1.54, 1.807) is 24.3 Å². The molecule has 0 aromatic heterocycles. The summed E-state index contributed by atoms with van der Waals surface area (Å²) in [4.78, 5) is 39.0. The Morgan fingerprint density at radius 3 is 2.52 bits per heavy atom. The molecule has 7 heteroatoms. The first-order valence-corrected chi connectivity index (χ1v) is 10.7. The molecule has 2 unspecified atom stereocenters. The number of amides is 3. The van der Waals surface area contributed by atoms with E-state index in [1.807, 2.05) is 42.2 Å². The minimum atomic E-state index is -0.355. The minimum Gasteiger partial charge on any atom is -0.370 e. The summed E-state index contributed by atoms with van der Waals surface area (Å²) in [6.07, 6.45) is 3.12. The number of carbonyl (C=O) groups excluding carboxylic acids is 3. The SMILES string of the molecule is CC(NC(=O)c1ccccc1NC(=O)CN1CCCCC1CC(N)=O)c1ccccc1. The van der Waals surface area contributed by atoms with E-state index >= 15 is 0 Å². The molecule has 7 nitrogen and oxygen atoms in total. The van der Waals surface area contributed by atoms with Crippen LogP contribution in [0.25, 0.3) is 0 Å². The van der Waals surface area contributed by atoms with Gasteiger partial charge in [0.05, 0.1) is 23.8 Å². The lowest BCUT2D eigenvalue weighted by atomic mass is 9.99. The zero-order chi connectivity index (χ0) is 22.2. The fourth-order valence-electron chi connectivity index (χ4n) is 4.00. The van der Waals surface area contributed by atoms with Crippen LogP contribution in [0.2, 0.25) is 0 Å². The Balaban J connectivity index is 1.65. The quantitative estimate of drug-likeness (QED) is 0.608. The number of nitrogens with zero attached hydrogens (tertiary/aromatic N) is 1. The average molecular weight is 423 g/mol. The molecule has 3 rings (SSSR count). The zero-order valence-electron chi connectivity index (χ0n) is 17.8. The van der Waals surface area contributed by atoms with Crippen molar-refractivity contribution in [1.82, 2.24) is 10.2 Å². The van der Waals surface area contributed by atoms with Gasteiger partial charge in [0.2, 0.25) is 11.8 Å². The molecule has 3 amide bonds. The topological polar surface area (TPSA) is 105 Å². The lowest BCUT2D eigenvalue weighted by Gasteiger charge is -2.34. The standard InChI is InChI=1S/C24H30N4O3/c1-17(18-9-3-2-4-10-18)26-24(31)20-12-5-6-13-21(20)27-23(30)16-28-14-8-7-11-19(28)15-22(25)29/h2-6,9-10,12-13,17,19H,7-8,11,14-16H2,1H3,(H2,25,29)(H,26,31)(H,27,30). The molecular weight excluding hydrogens is 392 g/mol. The summed E-state index contributed by atoms with van der Waals surface area (Å²) in [5, 5.41) is 5.85. The molecule has 4 N–H and O–H groups in total. The molecule has 31 heavy (non-hydrogen) atoms. The second-order valence-electron chi connectivity index (χ2n) is 7.99. The van der Waals surface area contributed by atoms with Gasteiger partial charge in [0, 0.05) is 12.5 Å². The summed E-state index contributed by atoms with van der Waals surface area (Å²) >= 11 is 0. The Morgan fingerprint density at radius 2 is 1.77 bits per heavy atom. The predicted octanol–water partition coefficient (Wildman–Crippen LogP) is 2.85. The number of benzene rings is 2. The van der Waals surface area contributed by atoms with Crippen molar-refractivity contribution in [2.24, 2.45) is 5.73 Å². The van der Waals surface area contributed by atoms with Crippen molar-refractivity contribution in [3.05, 3.63) is 65.7 Å². The third-order valence-corrected chi connectivity index (χ3v) is 5.63. The average Bonchev–Trinajstić information content (AvgIpc) is 2.75. The normalized spacial score (nSPS) is 17.5. The molecule has 1 fully saturated rings. The van der Waals surface area contributed by atoms with Gasteiger partial charge >= 0.3 is 0 Å². The monoisotopic (exact) mass is 422 g/mol. The second kappa shape index (κ2) is 10.7. The van der Waals surface area contributed by atoms with Gasteiger partial charge in [-0.15, -0.1) is 0 Å². The molecule has 0 spiro atoms. The molecule has 1 aliphatic heterocycles. The molecule has 1 heterocycles. The molecule has 1 aliphatic rings. The minimum absolute atomic E-state index is 0.0118. The number of carbonyl (C=O) groups is 3. The van der Waals surface area contributed by atoms with E-state index in [0.29, 0.717) is 11.3 Å².